The summed E-state index contributed by atoms with van der Waals surface area (Å²) in [6, 6.07) is 7.69. The average Bonchev–Trinajstić information content (AvgIpc) is 3.07. The summed E-state index contributed by atoms with van der Waals surface area (Å²) in [5.41, 5.74) is 2.08. The summed E-state index contributed by atoms with van der Waals surface area (Å²) in [6.45, 7) is 3.88. The zero-order valence-electron chi connectivity index (χ0n) is 14.1. The maximum absolute atomic E-state index is 12.1. The Bertz CT molecular complexity index is 893. The largest absolute Gasteiger partial charge is 0.352 e. The first kappa shape index (κ1) is 17.9. The topological polar surface area (TPSA) is 93.9 Å². The second-order valence-electron chi connectivity index (χ2n) is 6.16. The Labute approximate surface area is 151 Å². The van der Waals surface area contributed by atoms with Gasteiger partial charge in [0.05, 0.1) is 17.3 Å². The summed E-state index contributed by atoms with van der Waals surface area (Å²) in [4.78, 5) is 12.1. The third kappa shape index (κ3) is 4.40. The highest BCUT2D eigenvalue weighted by Gasteiger charge is 2.28. The highest BCUT2D eigenvalue weighted by atomic mass is 32.2. The molecule has 0 unspecified atom stereocenters. The average molecular weight is 380 g/mol. The lowest BCUT2D eigenvalue weighted by Gasteiger charge is -2.11. The van der Waals surface area contributed by atoms with Crippen LogP contribution in [-0.2, 0) is 14.6 Å². The zero-order chi connectivity index (χ0) is 18.0. The van der Waals surface area contributed by atoms with E-state index >= 15 is 0 Å². The number of amides is 1. The fourth-order valence-electron chi connectivity index (χ4n) is 2.81. The maximum Gasteiger partial charge on any atom is 0.230 e. The van der Waals surface area contributed by atoms with E-state index in [-0.39, 0.29) is 29.2 Å². The summed E-state index contributed by atoms with van der Waals surface area (Å²) in [5, 5.41) is 11.7. The van der Waals surface area contributed by atoms with Crippen LogP contribution in [0.4, 0.5) is 0 Å². The number of rotatable bonds is 5. The molecule has 1 saturated heterocycles. The molecule has 0 radical (unpaired) electrons. The van der Waals surface area contributed by atoms with Crippen LogP contribution in [0.2, 0.25) is 0 Å². The number of benzene rings is 1. The molecular formula is C16H20N4O3S2. The van der Waals surface area contributed by atoms with Crippen LogP contribution >= 0.6 is 11.8 Å². The summed E-state index contributed by atoms with van der Waals surface area (Å²) in [7, 11) is -3.00. The van der Waals surface area contributed by atoms with Gasteiger partial charge in [-0.25, -0.2) is 8.42 Å². The lowest BCUT2D eigenvalue weighted by molar-refractivity contribution is -0.119. The van der Waals surface area contributed by atoms with Gasteiger partial charge in [0.1, 0.15) is 5.82 Å². The van der Waals surface area contributed by atoms with Crippen LogP contribution < -0.4 is 5.32 Å². The molecule has 1 aliphatic heterocycles. The van der Waals surface area contributed by atoms with Gasteiger partial charge < -0.3 is 5.32 Å². The van der Waals surface area contributed by atoms with Gasteiger partial charge in [-0.1, -0.05) is 23.9 Å². The lowest BCUT2D eigenvalue weighted by Crippen LogP contribution is -2.36. The summed E-state index contributed by atoms with van der Waals surface area (Å²) in [5.74, 6) is 0.896. The second kappa shape index (κ2) is 7.17. The summed E-state index contributed by atoms with van der Waals surface area (Å²) < 4.78 is 24.8. The van der Waals surface area contributed by atoms with Crippen molar-refractivity contribution in [3.63, 3.8) is 0 Å². The highest BCUT2D eigenvalue weighted by Crippen LogP contribution is 2.22. The molecule has 0 aliphatic carbocycles. The minimum Gasteiger partial charge on any atom is -0.352 e. The molecule has 1 aromatic heterocycles. The van der Waals surface area contributed by atoms with Gasteiger partial charge in [0.2, 0.25) is 5.91 Å². The first-order chi connectivity index (χ1) is 11.8. The number of aromatic nitrogens is 3. The van der Waals surface area contributed by atoms with Crippen molar-refractivity contribution < 1.29 is 13.2 Å². The zero-order valence-corrected chi connectivity index (χ0v) is 15.7. The third-order valence-corrected chi connectivity index (χ3v) is 6.68. The van der Waals surface area contributed by atoms with Crippen LogP contribution in [-0.4, -0.2) is 52.4 Å². The Balaban J connectivity index is 1.65. The fraction of sp³-hybridized carbons (Fsp3) is 0.438. The van der Waals surface area contributed by atoms with Gasteiger partial charge in [0.15, 0.2) is 15.0 Å². The van der Waals surface area contributed by atoms with Gasteiger partial charge >= 0.3 is 0 Å². The van der Waals surface area contributed by atoms with Gasteiger partial charge in [0, 0.05) is 11.7 Å². The number of nitrogens with one attached hydrogen (secondary N) is 1. The molecule has 2 heterocycles. The first-order valence-corrected chi connectivity index (χ1v) is 10.8. The van der Waals surface area contributed by atoms with E-state index in [4.69, 9.17) is 0 Å². The Morgan fingerprint density at radius 1 is 1.36 bits per heavy atom. The van der Waals surface area contributed by atoms with Gasteiger partial charge in [0.25, 0.3) is 0 Å². The quantitative estimate of drug-likeness (QED) is 0.786. The van der Waals surface area contributed by atoms with Crippen LogP contribution in [0.1, 0.15) is 17.8 Å². The van der Waals surface area contributed by atoms with E-state index in [0.717, 1.165) is 17.1 Å². The van der Waals surface area contributed by atoms with E-state index in [2.05, 4.69) is 15.5 Å². The normalized spacial score (nSPS) is 19.0. The maximum atomic E-state index is 12.1. The Morgan fingerprint density at radius 3 is 2.84 bits per heavy atom. The standard InChI is InChI=1S/C16H20N4O3S2/c1-11-4-3-5-14(8-11)20-12(2)18-19-16(20)24-9-15(21)17-13-6-7-25(22,23)10-13/h3-5,8,13H,6-7,9-10H2,1-2H3,(H,17,21)/t13-/m1/s1. The molecule has 2 aromatic rings. The molecule has 9 heteroatoms. The molecule has 134 valence electrons. The SMILES string of the molecule is Cc1cccc(-n2c(C)nnc2SCC(=O)N[C@@H]2CCS(=O)(=O)C2)c1. The van der Waals surface area contributed by atoms with Gasteiger partial charge in [-0.2, -0.15) is 0 Å². The van der Waals surface area contributed by atoms with Crippen LogP contribution in [0.15, 0.2) is 29.4 Å². The van der Waals surface area contributed by atoms with Crippen LogP contribution in [0.3, 0.4) is 0 Å². The van der Waals surface area contributed by atoms with E-state index in [1.807, 2.05) is 42.7 Å². The molecule has 1 aromatic carbocycles. The van der Waals surface area contributed by atoms with Crippen LogP contribution in [0.25, 0.3) is 5.69 Å². The summed E-state index contributed by atoms with van der Waals surface area (Å²) >= 11 is 1.29. The third-order valence-electron chi connectivity index (χ3n) is 3.98. The lowest BCUT2D eigenvalue weighted by atomic mass is 10.2. The van der Waals surface area contributed by atoms with Crippen molar-refractivity contribution in [2.75, 3.05) is 17.3 Å². The van der Waals surface area contributed by atoms with E-state index in [1.54, 1.807) is 0 Å². The van der Waals surface area contributed by atoms with Crippen molar-refractivity contribution in [2.45, 2.75) is 31.5 Å². The minimum absolute atomic E-state index is 0.0298. The number of sulfone groups is 1. The number of carbonyl (C=O) groups excluding carboxylic acids is 1. The number of carbonyl (C=O) groups is 1. The second-order valence-corrected chi connectivity index (χ2v) is 9.33. The molecule has 1 aliphatic rings. The Morgan fingerprint density at radius 2 is 2.16 bits per heavy atom. The molecule has 1 N–H and O–H groups in total. The predicted molar refractivity (Wildman–Crippen MR) is 96.8 cm³/mol. The first-order valence-electron chi connectivity index (χ1n) is 7.96. The molecule has 7 nitrogen and oxygen atoms in total. The fourth-order valence-corrected chi connectivity index (χ4v) is 5.29. The molecule has 1 atom stereocenters. The molecule has 0 saturated carbocycles. The van der Waals surface area contributed by atoms with Crippen LogP contribution in [0, 0.1) is 13.8 Å². The molecule has 0 bridgehead atoms. The predicted octanol–water partition coefficient (Wildman–Crippen LogP) is 1.28. The van der Waals surface area contributed by atoms with E-state index in [1.165, 1.54) is 11.8 Å². The highest BCUT2D eigenvalue weighted by molar-refractivity contribution is 7.99. The number of aryl methyl sites for hydroxylation is 2. The number of thioether (sulfide) groups is 1. The molecule has 1 fully saturated rings. The van der Waals surface area contributed by atoms with Gasteiger partial charge in [-0.15, -0.1) is 10.2 Å². The van der Waals surface area contributed by atoms with Crippen molar-refractivity contribution in [1.82, 2.24) is 20.1 Å². The van der Waals surface area contributed by atoms with Crippen molar-refractivity contribution >= 4 is 27.5 Å². The summed E-state index contributed by atoms with van der Waals surface area (Å²) in [6.07, 6.45) is 0.483. The van der Waals surface area contributed by atoms with E-state index in [0.29, 0.717) is 11.6 Å². The van der Waals surface area contributed by atoms with Crippen molar-refractivity contribution in [3.05, 3.63) is 35.7 Å². The monoisotopic (exact) mass is 380 g/mol. The van der Waals surface area contributed by atoms with Crippen LogP contribution in [0.5, 0.6) is 0 Å². The number of hydrogen-bond donors (Lipinski definition) is 1. The minimum atomic E-state index is -3.00. The van der Waals surface area contributed by atoms with E-state index in [9.17, 15) is 13.2 Å². The molecule has 3 rings (SSSR count). The Hall–Kier alpha value is -1.87. The smallest absolute Gasteiger partial charge is 0.230 e. The van der Waals surface area contributed by atoms with Gasteiger partial charge in [-0.05, 0) is 38.0 Å². The molecular weight excluding hydrogens is 360 g/mol. The van der Waals surface area contributed by atoms with E-state index < -0.39 is 9.84 Å². The van der Waals surface area contributed by atoms with Gasteiger partial charge in [-0.3, -0.25) is 9.36 Å². The molecule has 25 heavy (non-hydrogen) atoms. The molecule has 0 spiro atoms. The Kier molecular flexibility index (Phi) is 5.14. The number of nitrogens with zero attached hydrogens (tertiary/aromatic N) is 3. The van der Waals surface area contributed by atoms with Crippen molar-refractivity contribution in [1.29, 1.82) is 0 Å². The number of hydrogen-bond acceptors (Lipinski definition) is 6. The van der Waals surface area contributed by atoms with Crippen molar-refractivity contribution in [2.24, 2.45) is 0 Å². The molecule has 1 amide bonds. The van der Waals surface area contributed by atoms with Crippen molar-refractivity contribution in [3.8, 4) is 5.69 Å².